The fraction of sp³-hybridized carbons (Fsp3) is 0.308. The van der Waals surface area contributed by atoms with Crippen molar-refractivity contribution < 1.29 is 9.00 Å². The number of aromatic amines is 1. The first-order valence-electron chi connectivity index (χ1n) is 5.76. The number of aromatic nitrogens is 1. The van der Waals surface area contributed by atoms with Crippen LogP contribution in [-0.2, 0) is 10.8 Å². The van der Waals surface area contributed by atoms with Crippen LogP contribution in [0.2, 0.25) is 0 Å². The van der Waals surface area contributed by atoms with Crippen LogP contribution in [0, 0.1) is 0 Å². The Morgan fingerprint density at radius 1 is 1.44 bits per heavy atom. The Bertz CT molecular complexity index is 591. The van der Waals surface area contributed by atoms with Gasteiger partial charge in [0.25, 0.3) is 5.91 Å². The molecule has 0 spiro atoms. The van der Waals surface area contributed by atoms with Crippen LogP contribution in [0.15, 0.2) is 30.5 Å². The second-order valence-corrected chi connectivity index (χ2v) is 6.07. The van der Waals surface area contributed by atoms with Gasteiger partial charge in [0, 0.05) is 51.5 Å². The Labute approximate surface area is 108 Å². The van der Waals surface area contributed by atoms with Gasteiger partial charge in [0.05, 0.1) is 0 Å². The average molecular weight is 264 g/mol. The molecule has 1 amide bonds. The molecular weight excluding hydrogens is 248 g/mol. The van der Waals surface area contributed by atoms with Gasteiger partial charge in [-0.05, 0) is 25.1 Å². The van der Waals surface area contributed by atoms with E-state index >= 15 is 0 Å². The van der Waals surface area contributed by atoms with E-state index in [0.29, 0.717) is 12.1 Å². The second-order valence-electron chi connectivity index (χ2n) is 4.26. The first kappa shape index (κ1) is 12.8. The maximum Gasteiger partial charge on any atom is 0.252 e. The van der Waals surface area contributed by atoms with E-state index < -0.39 is 10.8 Å². The van der Waals surface area contributed by atoms with Crippen molar-refractivity contribution in [2.45, 2.75) is 12.2 Å². The Morgan fingerprint density at radius 2 is 2.22 bits per heavy atom. The van der Waals surface area contributed by atoms with E-state index in [0.717, 1.165) is 10.9 Å². The van der Waals surface area contributed by atoms with Gasteiger partial charge in [0.2, 0.25) is 0 Å². The highest BCUT2D eigenvalue weighted by Crippen LogP contribution is 2.17. The Hall–Kier alpha value is -1.62. The lowest BCUT2D eigenvalue weighted by molar-refractivity contribution is 0.0956. The first-order valence-corrected chi connectivity index (χ1v) is 7.38. The summed E-state index contributed by atoms with van der Waals surface area (Å²) < 4.78 is 11.2. The van der Waals surface area contributed by atoms with Crippen molar-refractivity contribution in [2.75, 3.05) is 12.8 Å². The molecule has 0 bridgehead atoms. The number of H-pyrrole nitrogens is 1. The summed E-state index contributed by atoms with van der Waals surface area (Å²) in [5, 5.41) is 3.68. The first-order chi connectivity index (χ1) is 8.59. The lowest BCUT2D eigenvalue weighted by Gasteiger charge is -2.10. The predicted molar refractivity (Wildman–Crippen MR) is 74.2 cm³/mol. The summed E-state index contributed by atoms with van der Waals surface area (Å²) in [6, 6.07) is 7.44. The number of carbonyl (C=O) groups excluding carboxylic acids is 1. The lowest BCUT2D eigenvalue weighted by atomic mass is 10.1. The minimum Gasteiger partial charge on any atom is -0.361 e. The molecule has 0 aliphatic rings. The topological polar surface area (TPSA) is 62.0 Å². The predicted octanol–water partition coefficient (Wildman–Crippen LogP) is 1.66. The van der Waals surface area contributed by atoms with E-state index in [4.69, 9.17) is 0 Å². The summed E-state index contributed by atoms with van der Waals surface area (Å²) in [5.74, 6) is -0.127. The SMILES string of the molecule is CC(CNC(=O)c1cccc2[nH]ccc12)S(C)=O. The maximum atomic E-state index is 12.1. The quantitative estimate of drug-likeness (QED) is 0.882. The fourth-order valence-corrected chi connectivity index (χ4v) is 2.05. The fourth-order valence-electron chi connectivity index (χ4n) is 1.73. The van der Waals surface area contributed by atoms with Gasteiger partial charge < -0.3 is 10.3 Å². The van der Waals surface area contributed by atoms with Crippen LogP contribution in [-0.4, -0.2) is 33.2 Å². The van der Waals surface area contributed by atoms with Gasteiger partial charge in [-0.15, -0.1) is 0 Å². The molecule has 1 heterocycles. The molecule has 5 heteroatoms. The third kappa shape index (κ3) is 2.61. The van der Waals surface area contributed by atoms with Crippen LogP contribution >= 0.6 is 0 Å². The van der Waals surface area contributed by atoms with Gasteiger partial charge in [0.1, 0.15) is 0 Å². The van der Waals surface area contributed by atoms with Crippen molar-refractivity contribution in [3.8, 4) is 0 Å². The van der Waals surface area contributed by atoms with Crippen molar-refractivity contribution in [3.63, 3.8) is 0 Å². The average Bonchev–Trinajstić information content (AvgIpc) is 2.83. The zero-order valence-electron chi connectivity index (χ0n) is 10.4. The van der Waals surface area contributed by atoms with Crippen molar-refractivity contribution in [1.29, 1.82) is 0 Å². The van der Waals surface area contributed by atoms with Crippen LogP contribution in [0.3, 0.4) is 0 Å². The molecule has 1 aromatic heterocycles. The van der Waals surface area contributed by atoms with Gasteiger partial charge in [-0.1, -0.05) is 6.07 Å². The number of hydrogen-bond acceptors (Lipinski definition) is 2. The smallest absolute Gasteiger partial charge is 0.252 e. The molecule has 0 fully saturated rings. The molecule has 0 radical (unpaired) electrons. The van der Waals surface area contributed by atoms with E-state index in [9.17, 15) is 9.00 Å². The zero-order chi connectivity index (χ0) is 13.1. The number of amides is 1. The zero-order valence-corrected chi connectivity index (χ0v) is 11.2. The Balaban J connectivity index is 2.14. The molecule has 0 saturated heterocycles. The van der Waals surface area contributed by atoms with Gasteiger partial charge in [0.15, 0.2) is 0 Å². The van der Waals surface area contributed by atoms with Crippen LogP contribution in [0.25, 0.3) is 10.9 Å². The summed E-state index contributed by atoms with van der Waals surface area (Å²) in [6.45, 7) is 2.27. The highest BCUT2D eigenvalue weighted by molar-refractivity contribution is 7.84. The van der Waals surface area contributed by atoms with Crippen LogP contribution in [0.1, 0.15) is 17.3 Å². The third-order valence-electron chi connectivity index (χ3n) is 2.96. The van der Waals surface area contributed by atoms with E-state index in [2.05, 4.69) is 10.3 Å². The number of nitrogens with one attached hydrogen (secondary N) is 2. The molecular formula is C13H16N2O2S. The number of carbonyl (C=O) groups is 1. The van der Waals surface area contributed by atoms with Crippen LogP contribution in [0.4, 0.5) is 0 Å². The minimum absolute atomic E-state index is 0.0422. The van der Waals surface area contributed by atoms with Crippen molar-refractivity contribution in [2.24, 2.45) is 0 Å². The molecule has 2 rings (SSSR count). The molecule has 18 heavy (non-hydrogen) atoms. The monoisotopic (exact) mass is 264 g/mol. The number of rotatable bonds is 4. The number of hydrogen-bond donors (Lipinski definition) is 2. The number of benzene rings is 1. The third-order valence-corrected chi connectivity index (χ3v) is 4.26. The van der Waals surface area contributed by atoms with Crippen molar-refractivity contribution >= 4 is 27.6 Å². The molecule has 4 nitrogen and oxygen atoms in total. The van der Waals surface area contributed by atoms with E-state index in [1.54, 1.807) is 12.3 Å². The van der Waals surface area contributed by atoms with Crippen molar-refractivity contribution in [3.05, 3.63) is 36.0 Å². The summed E-state index contributed by atoms with van der Waals surface area (Å²) in [6.07, 6.45) is 3.45. The largest absolute Gasteiger partial charge is 0.361 e. The van der Waals surface area contributed by atoms with Crippen LogP contribution < -0.4 is 5.32 Å². The number of fused-ring (bicyclic) bond motifs is 1. The summed E-state index contributed by atoms with van der Waals surface area (Å²) >= 11 is 0. The summed E-state index contributed by atoms with van der Waals surface area (Å²) in [4.78, 5) is 15.1. The molecule has 2 N–H and O–H groups in total. The molecule has 2 atom stereocenters. The molecule has 0 aliphatic carbocycles. The summed E-state index contributed by atoms with van der Waals surface area (Å²) in [7, 11) is -0.923. The lowest BCUT2D eigenvalue weighted by Crippen LogP contribution is -2.32. The Kier molecular flexibility index (Phi) is 3.81. The maximum absolute atomic E-state index is 12.1. The molecule has 0 aliphatic heterocycles. The van der Waals surface area contributed by atoms with Crippen LogP contribution in [0.5, 0.6) is 0 Å². The minimum atomic E-state index is -0.923. The molecule has 2 unspecified atom stereocenters. The highest BCUT2D eigenvalue weighted by Gasteiger charge is 2.12. The van der Waals surface area contributed by atoms with Crippen molar-refractivity contribution in [1.82, 2.24) is 10.3 Å². The van der Waals surface area contributed by atoms with Gasteiger partial charge >= 0.3 is 0 Å². The Morgan fingerprint density at radius 3 is 2.94 bits per heavy atom. The molecule has 96 valence electrons. The van der Waals surface area contributed by atoms with E-state index in [-0.39, 0.29) is 11.2 Å². The highest BCUT2D eigenvalue weighted by atomic mass is 32.2. The van der Waals surface area contributed by atoms with E-state index in [1.165, 1.54) is 0 Å². The molecule has 1 aromatic carbocycles. The van der Waals surface area contributed by atoms with E-state index in [1.807, 2.05) is 31.3 Å². The van der Waals surface area contributed by atoms with Gasteiger partial charge in [-0.3, -0.25) is 9.00 Å². The standard InChI is InChI=1S/C13H16N2O2S/c1-9(18(2)17)8-15-13(16)11-4-3-5-12-10(11)6-7-14-12/h3-7,9,14H,8H2,1-2H3,(H,15,16). The second kappa shape index (κ2) is 5.35. The van der Waals surface area contributed by atoms with Gasteiger partial charge in [-0.25, -0.2) is 0 Å². The normalized spacial score (nSPS) is 14.3. The molecule has 0 saturated carbocycles. The molecule has 2 aromatic rings. The summed E-state index contributed by atoms with van der Waals surface area (Å²) in [5.41, 5.74) is 1.58. The van der Waals surface area contributed by atoms with Gasteiger partial charge in [-0.2, -0.15) is 0 Å².